The quantitative estimate of drug-likeness (QED) is 0.553. The Bertz CT molecular complexity index is 908. The van der Waals surface area contributed by atoms with Gasteiger partial charge in [0.2, 0.25) is 17.6 Å². The lowest BCUT2D eigenvalue weighted by molar-refractivity contribution is -0.131. The molecule has 6 heteroatoms. The van der Waals surface area contributed by atoms with Gasteiger partial charge in [0.1, 0.15) is 0 Å². The number of hydrogen-bond acceptors (Lipinski definition) is 5. The summed E-state index contributed by atoms with van der Waals surface area (Å²) in [4.78, 5) is 19.6. The summed E-state index contributed by atoms with van der Waals surface area (Å²) in [5, 5.41) is 5.96. The first kappa shape index (κ1) is 18.9. The van der Waals surface area contributed by atoms with Gasteiger partial charge in [-0.05, 0) is 30.4 Å². The fraction of sp³-hybridized carbons (Fsp3) is 0.286. The second kappa shape index (κ2) is 9.15. The standard InChI is InChI=1S/C21H21N3O2S/c1-3-13-24(15-17-11-9-16(2)10-12-17)20(25)8-4-7-19-22-21(23-26-19)18-6-5-14-27-18/h1,5-6,9-12,14H,4,7-8,13,15H2,2H3. The van der Waals surface area contributed by atoms with E-state index in [9.17, 15) is 4.79 Å². The SMILES string of the molecule is C#CCN(Cc1ccc(C)cc1)C(=O)CCCc1nc(-c2cccs2)no1. The number of carbonyl (C=O) groups excluding carboxylic acids is 1. The first-order valence-corrected chi connectivity index (χ1v) is 9.67. The molecule has 0 atom stereocenters. The summed E-state index contributed by atoms with van der Waals surface area (Å²) in [5.74, 6) is 3.75. The molecule has 0 aliphatic heterocycles. The van der Waals surface area contributed by atoms with E-state index in [0.717, 1.165) is 10.4 Å². The van der Waals surface area contributed by atoms with Gasteiger partial charge in [-0.15, -0.1) is 17.8 Å². The summed E-state index contributed by atoms with van der Waals surface area (Å²) >= 11 is 1.56. The van der Waals surface area contributed by atoms with E-state index in [1.807, 2.05) is 48.7 Å². The highest BCUT2D eigenvalue weighted by molar-refractivity contribution is 7.13. The van der Waals surface area contributed by atoms with Crippen LogP contribution in [0.5, 0.6) is 0 Å². The van der Waals surface area contributed by atoms with E-state index >= 15 is 0 Å². The van der Waals surface area contributed by atoms with Crippen LogP contribution in [0, 0.1) is 19.3 Å². The molecule has 0 aliphatic carbocycles. The number of carbonyl (C=O) groups is 1. The van der Waals surface area contributed by atoms with Gasteiger partial charge in [-0.2, -0.15) is 4.98 Å². The van der Waals surface area contributed by atoms with Crippen LogP contribution < -0.4 is 0 Å². The number of benzene rings is 1. The molecule has 5 nitrogen and oxygen atoms in total. The van der Waals surface area contributed by atoms with Crippen LogP contribution in [-0.2, 0) is 17.8 Å². The lowest BCUT2D eigenvalue weighted by Crippen LogP contribution is -2.30. The number of hydrogen-bond donors (Lipinski definition) is 0. The summed E-state index contributed by atoms with van der Waals surface area (Å²) < 4.78 is 5.27. The predicted octanol–water partition coefficient (Wildman–Crippen LogP) is 4.09. The van der Waals surface area contributed by atoms with Crippen LogP contribution in [0.1, 0.15) is 29.9 Å². The fourth-order valence-corrected chi connectivity index (χ4v) is 3.32. The van der Waals surface area contributed by atoms with Gasteiger partial charge in [0.05, 0.1) is 11.4 Å². The zero-order chi connectivity index (χ0) is 19.1. The fourth-order valence-electron chi connectivity index (χ4n) is 2.67. The van der Waals surface area contributed by atoms with Crippen LogP contribution in [0.2, 0.25) is 0 Å². The summed E-state index contributed by atoms with van der Waals surface area (Å²) in [6.45, 7) is 2.86. The van der Waals surface area contributed by atoms with Crippen molar-refractivity contribution in [3.63, 3.8) is 0 Å². The van der Waals surface area contributed by atoms with E-state index in [1.54, 1.807) is 16.2 Å². The smallest absolute Gasteiger partial charge is 0.226 e. The molecule has 138 valence electrons. The maximum absolute atomic E-state index is 12.6. The van der Waals surface area contributed by atoms with Gasteiger partial charge in [0.25, 0.3) is 0 Å². The lowest BCUT2D eigenvalue weighted by atomic mass is 10.1. The van der Waals surface area contributed by atoms with Crippen molar-refractivity contribution >= 4 is 17.2 Å². The molecular weight excluding hydrogens is 358 g/mol. The zero-order valence-electron chi connectivity index (χ0n) is 15.2. The first-order valence-electron chi connectivity index (χ1n) is 8.79. The van der Waals surface area contributed by atoms with Crippen molar-refractivity contribution in [2.24, 2.45) is 0 Å². The molecule has 1 aromatic carbocycles. The molecule has 3 aromatic rings. The molecule has 0 saturated carbocycles. The number of terminal acetylenes is 1. The van der Waals surface area contributed by atoms with E-state index in [1.165, 1.54) is 5.56 Å². The van der Waals surface area contributed by atoms with Crippen molar-refractivity contribution in [1.82, 2.24) is 15.0 Å². The van der Waals surface area contributed by atoms with Crippen molar-refractivity contribution in [2.45, 2.75) is 32.7 Å². The Hall–Kier alpha value is -2.91. The normalized spacial score (nSPS) is 10.5. The van der Waals surface area contributed by atoms with E-state index < -0.39 is 0 Å². The molecule has 0 spiro atoms. The Morgan fingerprint density at radius 2 is 2.11 bits per heavy atom. The third kappa shape index (κ3) is 5.28. The van der Waals surface area contributed by atoms with Gasteiger partial charge < -0.3 is 9.42 Å². The molecular formula is C21H21N3O2S. The summed E-state index contributed by atoms with van der Waals surface area (Å²) in [6, 6.07) is 12.0. The molecule has 3 rings (SSSR count). The van der Waals surface area contributed by atoms with Crippen LogP contribution in [0.25, 0.3) is 10.7 Å². The van der Waals surface area contributed by atoms with Crippen LogP contribution >= 0.6 is 11.3 Å². The number of aromatic nitrogens is 2. The highest BCUT2D eigenvalue weighted by Gasteiger charge is 2.14. The van der Waals surface area contributed by atoms with Crippen molar-refractivity contribution in [2.75, 3.05) is 6.54 Å². The number of rotatable bonds is 8. The minimum absolute atomic E-state index is 0.0338. The van der Waals surface area contributed by atoms with Crippen LogP contribution in [-0.4, -0.2) is 27.5 Å². The maximum atomic E-state index is 12.6. The average molecular weight is 379 g/mol. The first-order chi connectivity index (χ1) is 13.2. The molecule has 2 heterocycles. The molecule has 0 N–H and O–H groups in total. The molecule has 27 heavy (non-hydrogen) atoms. The van der Waals surface area contributed by atoms with Gasteiger partial charge in [0, 0.05) is 19.4 Å². The minimum atomic E-state index is 0.0338. The summed E-state index contributed by atoms with van der Waals surface area (Å²) in [5.41, 5.74) is 2.26. The molecule has 2 aromatic heterocycles. The van der Waals surface area contributed by atoms with Gasteiger partial charge in [0.15, 0.2) is 0 Å². The van der Waals surface area contributed by atoms with Crippen LogP contribution in [0.15, 0.2) is 46.3 Å². The van der Waals surface area contributed by atoms with E-state index in [0.29, 0.717) is 44.1 Å². The lowest BCUT2D eigenvalue weighted by Gasteiger charge is -2.20. The predicted molar refractivity (Wildman–Crippen MR) is 106 cm³/mol. The largest absolute Gasteiger partial charge is 0.339 e. The third-order valence-corrected chi connectivity index (χ3v) is 4.99. The Kier molecular flexibility index (Phi) is 6.39. The van der Waals surface area contributed by atoms with E-state index in [4.69, 9.17) is 10.9 Å². The Morgan fingerprint density at radius 1 is 1.30 bits per heavy atom. The maximum Gasteiger partial charge on any atom is 0.226 e. The topological polar surface area (TPSA) is 59.2 Å². The number of thiophene rings is 1. The van der Waals surface area contributed by atoms with Gasteiger partial charge in [-0.1, -0.05) is 47.0 Å². The third-order valence-electron chi connectivity index (χ3n) is 4.12. The number of nitrogens with zero attached hydrogens (tertiary/aromatic N) is 3. The Balaban J connectivity index is 1.52. The number of aryl methyl sites for hydroxylation is 2. The van der Waals surface area contributed by atoms with Gasteiger partial charge in [-0.3, -0.25) is 4.79 Å². The van der Waals surface area contributed by atoms with Crippen molar-refractivity contribution in [3.8, 4) is 23.0 Å². The average Bonchev–Trinajstić information content (AvgIpc) is 3.34. The molecule has 0 saturated heterocycles. The zero-order valence-corrected chi connectivity index (χ0v) is 16.0. The molecule has 1 amide bonds. The monoisotopic (exact) mass is 379 g/mol. The Labute approximate surface area is 163 Å². The van der Waals surface area contributed by atoms with E-state index in [-0.39, 0.29) is 5.91 Å². The van der Waals surface area contributed by atoms with Crippen LogP contribution in [0.3, 0.4) is 0 Å². The van der Waals surface area contributed by atoms with Crippen molar-refractivity contribution < 1.29 is 9.32 Å². The molecule has 0 fully saturated rings. The van der Waals surface area contributed by atoms with Crippen molar-refractivity contribution in [3.05, 3.63) is 58.8 Å². The summed E-state index contributed by atoms with van der Waals surface area (Å²) in [7, 11) is 0. The van der Waals surface area contributed by atoms with Crippen molar-refractivity contribution in [1.29, 1.82) is 0 Å². The highest BCUT2D eigenvalue weighted by Crippen LogP contribution is 2.21. The molecule has 0 unspecified atom stereocenters. The second-order valence-electron chi connectivity index (χ2n) is 6.28. The van der Waals surface area contributed by atoms with Gasteiger partial charge >= 0.3 is 0 Å². The van der Waals surface area contributed by atoms with Gasteiger partial charge in [-0.25, -0.2) is 0 Å². The minimum Gasteiger partial charge on any atom is -0.339 e. The van der Waals surface area contributed by atoms with Crippen LogP contribution in [0.4, 0.5) is 0 Å². The molecule has 0 bridgehead atoms. The second-order valence-corrected chi connectivity index (χ2v) is 7.23. The molecule has 0 radical (unpaired) electrons. The molecule has 0 aliphatic rings. The number of amides is 1. The Morgan fingerprint density at radius 3 is 2.81 bits per heavy atom. The van der Waals surface area contributed by atoms with E-state index in [2.05, 4.69) is 16.1 Å². The highest BCUT2D eigenvalue weighted by atomic mass is 32.1. The summed E-state index contributed by atoms with van der Waals surface area (Å²) in [6.07, 6.45) is 7.04.